The summed E-state index contributed by atoms with van der Waals surface area (Å²) >= 11 is 3.45. The number of pyridine rings is 1. The number of benzene rings is 1. The summed E-state index contributed by atoms with van der Waals surface area (Å²) < 4.78 is 6.52. The fourth-order valence-electron chi connectivity index (χ4n) is 1.32. The van der Waals surface area contributed by atoms with E-state index in [0.29, 0.717) is 18.2 Å². The largest absolute Gasteiger partial charge is 0.473 e. The molecule has 0 amide bonds. The van der Waals surface area contributed by atoms with Gasteiger partial charge in [0.1, 0.15) is 18.4 Å². The first-order chi connectivity index (χ1) is 8.29. The molecule has 0 aliphatic rings. The molecule has 1 heterocycles. The molecule has 0 radical (unpaired) electrons. The second-order valence-electron chi connectivity index (χ2n) is 3.35. The topological polar surface area (TPSA) is 45.9 Å². The highest BCUT2D eigenvalue weighted by Crippen LogP contribution is 2.18. The summed E-state index contributed by atoms with van der Waals surface area (Å²) in [6.07, 6.45) is 0. The molecule has 0 N–H and O–H groups in total. The number of hydrogen-bond acceptors (Lipinski definition) is 3. The van der Waals surface area contributed by atoms with Crippen molar-refractivity contribution < 1.29 is 4.74 Å². The number of nitriles is 1. The van der Waals surface area contributed by atoms with Gasteiger partial charge < -0.3 is 4.74 Å². The molecule has 1 aromatic heterocycles. The molecule has 4 heteroatoms. The van der Waals surface area contributed by atoms with Gasteiger partial charge in [0, 0.05) is 16.1 Å². The lowest BCUT2D eigenvalue weighted by molar-refractivity contribution is 0.293. The van der Waals surface area contributed by atoms with Crippen molar-refractivity contribution in [1.82, 2.24) is 4.98 Å². The summed E-state index contributed by atoms with van der Waals surface area (Å²) in [5.74, 6) is 0.458. The maximum atomic E-state index is 8.72. The molecule has 1 aromatic carbocycles. The first-order valence-electron chi connectivity index (χ1n) is 5.03. The summed E-state index contributed by atoms with van der Waals surface area (Å²) in [5, 5.41) is 8.72. The summed E-state index contributed by atoms with van der Waals surface area (Å²) in [6.45, 7) is 0.420. The van der Waals surface area contributed by atoms with Crippen molar-refractivity contribution in [3.8, 4) is 11.9 Å². The molecule has 0 saturated heterocycles. The van der Waals surface area contributed by atoms with E-state index < -0.39 is 0 Å². The van der Waals surface area contributed by atoms with Crippen LogP contribution in [0, 0.1) is 11.3 Å². The highest BCUT2D eigenvalue weighted by atomic mass is 79.9. The van der Waals surface area contributed by atoms with E-state index in [1.807, 2.05) is 30.3 Å². The van der Waals surface area contributed by atoms with Gasteiger partial charge in [0.05, 0.1) is 0 Å². The van der Waals surface area contributed by atoms with Crippen molar-refractivity contribution in [1.29, 1.82) is 5.26 Å². The molecule has 3 nitrogen and oxygen atoms in total. The molecule has 2 rings (SSSR count). The van der Waals surface area contributed by atoms with Crippen LogP contribution in [0.2, 0.25) is 0 Å². The van der Waals surface area contributed by atoms with Crippen LogP contribution < -0.4 is 4.74 Å². The Morgan fingerprint density at radius 3 is 2.76 bits per heavy atom. The van der Waals surface area contributed by atoms with Gasteiger partial charge in [0.2, 0.25) is 5.88 Å². The van der Waals surface area contributed by atoms with E-state index >= 15 is 0 Å². The van der Waals surface area contributed by atoms with Crippen LogP contribution in [-0.2, 0) is 6.61 Å². The fraction of sp³-hybridized carbons (Fsp3) is 0.0769. The van der Waals surface area contributed by atoms with Gasteiger partial charge in [-0.2, -0.15) is 5.26 Å². The molecular weight excluding hydrogens is 280 g/mol. The zero-order valence-corrected chi connectivity index (χ0v) is 10.5. The molecule has 0 aliphatic carbocycles. The molecule has 0 bridgehead atoms. The van der Waals surface area contributed by atoms with E-state index in [1.54, 1.807) is 18.2 Å². The van der Waals surface area contributed by atoms with Gasteiger partial charge in [-0.15, -0.1) is 0 Å². The highest BCUT2D eigenvalue weighted by molar-refractivity contribution is 9.10. The zero-order valence-electron chi connectivity index (χ0n) is 8.93. The number of ether oxygens (including phenoxy) is 1. The smallest absolute Gasteiger partial charge is 0.214 e. The van der Waals surface area contributed by atoms with Crippen LogP contribution in [0.25, 0.3) is 0 Å². The van der Waals surface area contributed by atoms with Gasteiger partial charge in [0.15, 0.2) is 0 Å². The van der Waals surface area contributed by atoms with E-state index in [-0.39, 0.29) is 0 Å². The third-order valence-electron chi connectivity index (χ3n) is 2.17. The number of hydrogen-bond donors (Lipinski definition) is 0. The molecule has 84 valence electrons. The van der Waals surface area contributed by atoms with Crippen molar-refractivity contribution in [2.45, 2.75) is 6.61 Å². The Balaban J connectivity index is 2.08. The van der Waals surface area contributed by atoms with Crippen molar-refractivity contribution >= 4 is 15.9 Å². The lowest BCUT2D eigenvalue weighted by Crippen LogP contribution is -1.98. The van der Waals surface area contributed by atoms with Gasteiger partial charge in [-0.3, -0.25) is 0 Å². The van der Waals surface area contributed by atoms with Gasteiger partial charge in [-0.1, -0.05) is 40.2 Å². The molecule has 0 aliphatic heterocycles. The number of nitrogens with zero attached hydrogens (tertiary/aromatic N) is 2. The quantitative estimate of drug-likeness (QED) is 0.871. The Bertz CT molecular complexity index is 563. The number of halogens is 1. The maximum absolute atomic E-state index is 8.72. The average molecular weight is 289 g/mol. The maximum Gasteiger partial charge on any atom is 0.214 e. The third kappa shape index (κ3) is 3.05. The Morgan fingerprint density at radius 1 is 1.18 bits per heavy atom. The first kappa shape index (κ1) is 11.6. The molecule has 17 heavy (non-hydrogen) atoms. The molecular formula is C13H9BrN2O. The standard InChI is InChI=1S/C13H9BrN2O/c14-12-6-2-1-4-10(12)9-17-13-7-3-5-11(8-15)16-13/h1-7H,9H2. The minimum atomic E-state index is 0.356. The predicted molar refractivity (Wildman–Crippen MR) is 67.4 cm³/mol. The SMILES string of the molecule is N#Cc1cccc(OCc2ccccc2Br)n1. The Hall–Kier alpha value is -1.86. The van der Waals surface area contributed by atoms with E-state index in [0.717, 1.165) is 10.0 Å². The van der Waals surface area contributed by atoms with Crippen LogP contribution in [0.15, 0.2) is 46.9 Å². The molecule has 0 atom stereocenters. The zero-order chi connectivity index (χ0) is 12.1. The summed E-state index contributed by atoms with van der Waals surface area (Å²) in [5.41, 5.74) is 1.39. The summed E-state index contributed by atoms with van der Waals surface area (Å²) in [7, 11) is 0. The molecule has 0 spiro atoms. The third-order valence-corrected chi connectivity index (χ3v) is 2.95. The van der Waals surface area contributed by atoms with E-state index in [2.05, 4.69) is 20.9 Å². The minimum absolute atomic E-state index is 0.356. The second kappa shape index (κ2) is 5.46. The molecule has 2 aromatic rings. The van der Waals surface area contributed by atoms with Crippen LogP contribution in [0.4, 0.5) is 0 Å². The van der Waals surface area contributed by atoms with Crippen LogP contribution in [0.5, 0.6) is 5.88 Å². The van der Waals surface area contributed by atoms with Crippen molar-refractivity contribution in [2.75, 3.05) is 0 Å². The van der Waals surface area contributed by atoms with Crippen molar-refractivity contribution in [3.63, 3.8) is 0 Å². The Labute approximate surface area is 108 Å². The van der Waals surface area contributed by atoms with Crippen LogP contribution in [-0.4, -0.2) is 4.98 Å². The van der Waals surface area contributed by atoms with Gasteiger partial charge >= 0.3 is 0 Å². The van der Waals surface area contributed by atoms with Crippen LogP contribution >= 0.6 is 15.9 Å². The summed E-state index contributed by atoms with van der Waals surface area (Å²) in [4.78, 5) is 4.04. The first-order valence-corrected chi connectivity index (χ1v) is 5.82. The predicted octanol–water partition coefficient (Wildman–Crippen LogP) is 3.29. The number of rotatable bonds is 3. The minimum Gasteiger partial charge on any atom is -0.473 e. The van der Waals surface area contributed by atoms with E-state index in [4.69, 9.17) is 10.00 Å². The van der Waals surface area contributed by atoms with Crippen LogP contribution in [0.3, 0.4) is 0 Å². The van der Waals surface area contributed by atoms with Crippen LogP contribution in [0.1, 0.15) is 11.3 Å². The van der Waals surface area contributed by atoms with E-state index in [9.17, 15) is 0 Å². The van der Waals surface area contributed by atoms with E-state index in [1.165, 1.54) is 0 Å². The highest BCUT2D eigenvalue weighted by Gasteiger charge is 2.01. The molecule has 0 saturated carbocycles. The Kier molecular flexibility index (Phi) is 3.73. The summed E-state index contributed by atoms with van der Waals surface area (Å²) in [6, 6.07) is 14.9. The van der Waals surface area contributed by atoms with Crippen molar-refractivity contribution in [2.24, 2.45) is 0 Å². The van der Waals surface area contributed by atoms with Gasteiger partial charge in [-0.05, 0) is 12.1 Å². The van der Waals surface area contributed by atoms with Crippen molar-refractivity contribution in [3.05, 3.63) is 58.2 Å². The lowest BCUT2D eigenvalue weighted by atomic mass is 10.2. The monoisotopic (exact) mass is 288 g/mol. The molecule has 0 unspecified atom stereocenters. The number of aromatic nitrogens is 1. The lowest BCUT2D eigenvalue weighted by Gasteiger charge is -2.06. The Morgan fingerprint density at radius 2 is 2.00 bits per heavy atom. The normalized spacial score (nSPS) is 9.65. The average Bonchev–Trinajstić information content (AvgIpc) is 2.38. The molecule has 0 fully saturated rings. The van der Waals surface area contributed by atoms with Gasteiger partial charge in [-0.25, -0.2) is 4.98 Å². The van der Waals surface area contributed by atoms with Gasteiger partial charge in [0.25, 0.3) is 0 Å². The fourth-order valence-corrected chi connectivity index (χ4v) is 1.72. The second-order valence-corrected chi connectivity index (χ2v) is 4.21.